The highest BCUT2D eigenvalue weighted by molar-refractivity contribution is 5.95. The number of hydrogen-bond acceptors (Lipinski definition) is 4. The van der Waals surface area contributed by atoms with Crippen molar-refractivity contribution in [3.8, 4) is 0 Å². The molecule has 1 amide bonds. The maximum Gasteiger partial charge on any atom is 0.253 e. The van der Waals surface area contributed by atoms with Crippen LogP contribution in [0.15, 0.2) is 42.5 Å². The Morgan fingerprint density at radius 1 is 1.03 bits per heavy atom. The van der Waals surface area contributed by atoms with E-state index in [1.807, 2.05) is 63.3 Å². The molecule has 0 saturated heterocycles. The van der Waals surface area contributed by atoms with Gasteiger partial charge in [0.25, 0.3) is 5.91 Å². The van der Waals surface area contributed by atoms with E-state index in [1.165, 1.54) is 5.56 Å². The molecular weight excluding hydrogens is 374 g/mol. The zero-order chi connectivity index (χ0) is 22.1. The molecule has 0 aliphatic heterocycles. The molecule has 0 fully saturated rings. The number of anilines is 1. The van der Waals surface area contributed by atoms with E-state index in [0.717, 1.165) is 61.3 Å². The van der Waals surface area contributed by atoms with Crippen LogP contribution in [0.5, 0.6) is 0 Å². The van der Waals surface area contributed by atoms with E-state index in [1.54, 1.807) is 0 Å². The van der Waals surface area contributed by atoms with Gasteiger partial charge in [0.1, 0.15) is 5.84 Å². The molecule has 2 aromatic carbocycles. The van der Waals surface area contributed by atoms with E-state index in [-0.39, 0.29) is 11.7 Å². The molecule has 6 nitrogen and oxygen atoms in total. The highest BCUT2D eigenvalue weighted by Crippen LogP contribution is 2.15. The molecule has 6 heteroatoms. The Bertz CT molecular complexity index is 845. The molecule has 0 radical (unpaired) electrons. The average molecular weight is 410 g/mol. The number of carbonyl (C=O) groups excluding carboxylic acids is 1. The first kappa shape index (κ1) is 23.4. The molecule has 0 spiro atoms. The number of amides is 1. The third kappa shape index (κ3) is 7.19. The second kappa shape index (κ2) is 11.4. The summed E-state index contributed by atoms with van der Waals surface area (Å²) in [6.07, 6.45) is 2.91. The van der Waals surface area contributed by atoms with Crippen molar-refractivity contribution in [1.82, 2.24) is 9.80 Å². The lowest BCUT2D eigenvalue weighted by atomic mass is 10.0. The second-order valence-corrected chi connectivity index (χ2v) is 8.05. The first-order valence-electron chi connectivity index (χ1n) is 10.5. The van der Waals surface area contributed by atoms with Gasteiger partial charge < -0.3 is 20.9 Å². The van der Waals surface area contributed by atoms with E-state index in [2.05, 4.69) is 22.3 Å². The van der Waals surface area contributed by atoms with Crippen LogP contribution in [-0.4, -0.2) is 62.3 Å². The fourth-order valence-corrected chi connectivity index (χ4v) is 3.35. The zero-order valence-corrected chi connectivity index (χ0v) is 18.7. The number of nitrogen functional groups attached to an aromatic ring is 1. The lowest BCUT2D eigenvalue weighted by molar-refractivity contribution is 0.0790. The van der Waals surface area contributed by atoms with Gasteiger partial charge in [-0.05, 0) is 88.3 Å². The standard InChI is InChI=1S/C24H35N5O/c1-18-17-19(7-5-14-27-21-11-9-20(10-12-21)23(25)26)8-13-22(18)24(30)29(4)16-6-15-28(2)3/h8-13,17,27H,5-7,14-16H2,1-4H3,(H3,25,26). The Kier molecular flexibility index (Phi) is 8.87. The Hall–Kier alpha value is -2.86. The molecule has 162 valence electrons. The molecule has 0 aliphatic carbocycles. The zero-order valence-electron chi connectivity index (χ0n) is 18.7. The van der Waals surface area contributed by atoms with Gasteiger partial charge in [-0.3, -0.25) is 10.2 Å². The summed E-state index contributed by atoms with van der Waals surface area (Å²) in [5.74, 6) is 0.173. The highest BCUT2D eigenvalue weighted by Gasteiger charge is 2.14. The molecule has 0 heterocycles. The number of hydrogen-bond donors (Lipinski definition) is 3. The monoisotopic (exact) mass is 409 g/mol. The van der Waals surface area contributed by atoms with E-state index in [4.69, 9.17) is 11.1 Å². The van der Waals surface area contributed by atoms with Crippen LogP contribution in [0.1, 0.15) is 39.9 Å². The molecular formula is C24H35N5O. The van der Waals surface area contributed by atoms with Gasteiger partial charge in [0.2, 0.25) is 0 Å². The van der Waals surface area contributed by atoms with Crippen LogP contribution < -0.4 is 11.1 Å². The molecule has 0 saturated carbocycles. The molecule has 0 unspecified atom stereocenters. The maximum absolute atomic E-state index is 12.7. The predicted molar refractivity (Wildman–Crippen MR) is 126 cm³/mol. The number of carbonyl (C=O) groups is 1. The SMILES string of the molecule is Cc1cc(CCCNc2ccc(C(=N)N)cc2)ccc1C(=O)N(C)CCCN(C)C. The maximum atomic E-state index is 12.7. The van der Waals surface area contributed by atoms with E-state index in [9.17, 15) is 4.79 Å². The van der Waals surface area contributed by atoms with Crippen LogP contribution in [0.4, 0.5) is 5.69 Å². The average Bonchev–Trinajstić information content (AvgIpc) is 2.70. The van der Waals surface area contributed by atoms with Gasteiger partial charge >= 0.3 is 0 Å². The highest BCUT2D eigenvalue weighted by atomic mass is 16.2. The van der Waals surface area contributed by atoms with E-state index < -0.39 is 0 Å². The summed E-state index contributed by atoms with van der Waals surface area (Å²) in [5.41, 5.74) is 10.3. The summed E-state index contributed by atoms with van der Waals surface area (Å²) in [5, 5.41) is 10.8. The first-order chi connectivity index (χ1) is 14.3. The van der Waals surface area contributed by atoms with Gasteiger partial charge in [0.05, 0.1) is 0 Å². The number of nitrogens with two attached hydrogens (primary N) is 1. The Morgan fingerprint density at radius 2 is 1.73 bits per heavy atom. The van der Waals surface area contributed by atoms with Crippen LogP contribution >= 0.6 is 0 Å². The van der Waals surface area contributed by atoms with Gasteiger partial charge in [-0.2, -0.15) is 0 Å². The van der Waals surface area contributed by atoms with E-state index >= 15 is 0 Å². The van der Waals surface area contributed by atoms with Crippen molar-refractivity contribution in [3.63, 3.8) is 0 Å². The number of nitrogens with one attached hydrogen (secondary N) is 2. The minimum atomic E-state index is 0.0820. The van der Waals surface area contributed by atoms with Crippen molar-refractivity contribution in [2.75, 3.05) is 46.1 Å². The molecule has 30 heavy (non-hydrogen) atoms. The Balaban J connectivity index is 1.81. The van der Waals surface area contributed by atoms with E-state index in [0.29, 0.717) is 0 Å². The van der Waals surface area contributed by atoms with Crippen molar-refractivity contribution in [2.45, 2.75) is 26.2 Å². The number of rotatable bonds is 11. The molecule has 0 atom stereocenters. The van der Waals surface area contributed by atoms with Crippen molar-refractivity contribution in [3.05, 3.63) is 64.7 Å². The minimum absolute atomic E-state index is 0.0820. The third-order valence-electron chi connectivity index (χ3n) is 5.13. The quantitative estimate of drug-likeness (QED) is 0.302. The summed E-state index contributed by atoms with van der Waals surface area (Å²) >= 11 is 0. The smallest absolute Gasteiger partial charge is 0.253 e. The number of aryl methyl sites for hydroxylation is 2. The van der Waals surface area contributed by atoms with Crippen LogP contribution in [0.25, 0.3) is 0 Å². The second-order valence-electron chi connectivity index (χ2n) is 8.05. The van der Waals surface area contributed by atoms with Crippen LogP contribution in [-0.2, 0) is 6.42 Å². The number of amidine groups is 1. The minimum Gasteiger partial charge on any atom is -0.385 e. The van der Waals surface area contributed by atoms with Crippen molar-refractivity contribution in [2.24, 2.45) is 5.73 Å². The predicted octanol–water partition coefficient (Wildman–Crippen LogP) is 3.35. The summed E-state index contributed by atoms with van der Waals surface area (Å²) < 4.78 is 0. The topological polar surface area (TPSA) is 85.4 Å². The van der Waals surface area contributed by atoms with Crippen LogP contribution in [0.2, 0.25) is 0 Å². The van der Waals surface area contributed by atoms with Crippen LogP contribution in [0, 0.1) is 12.3 Å². The Morgan fingerprint density at radius 3 is 2.33 bits per heavy atom. The lowest BCUT2D eigenvalue weighted by Gasteiger charge is -2.20. The summed E-state index contributed by atoms with van der Waals surface area (Å²) in [7, 11) is 5.97. The number of benzene rings is 2. The largest absolute Gasteiger partial charge is 0.385 e. The van der Waals surface area contributed by atoms with Gasteiger partial charge in [0.15, 0.2) is 0 Å². The molecule has 4 N–H and O–H groups in total. The third-order valence-corrected chi connectivity index (χ3v) is 5.13. The Labute approximate surface area is 180 Å². The summed E-state index contributed by atoms with van der Waals surface area (Å²) in [4.78, 5) is 16.7. The summed E-state index contributed by atoms with van der Waals surface area (Å²) in [6.45, 7) is 4.61. The van der Waals surface area contributed by atoms with Crippen molar-refractivity contribution in [1.29, 1.82) is 5.41 Å². The van der Waals surface area contributed by atoms with Gasteiger partial charge in [0, 0.05) is 37.0 Å². The van der Waals surface area contributed by atoms with Crippen molar-refractivity contribution >= 4 is 17.4 Å². The van der Waals surface area contributed by atoms with Gasteiger partial charge in [-0.1, -0.05) is 12.1 Å². The summed E-state index contributed by atoms with van der Waals surface area (Å²) in [6, 6.07) is 13.7. The fourth-order valence-electron chi connectivity index (χ4n) is 3.35. The molecule has 0 aliphatic rings. The molecule has 0 aromatic heterocycles. The van der Waals surface area contributed by atoms with Crippen molar-refractivity contribution < 1.29 is 4.79 Å². The fraction of sp³-hybridized carbons (Fsp3) is 0.417. The molecule has 2 rings (SSSR count). The lowest BCUT2D eigenvalue weighted by Crippen LogP contribution is -2.30. The van der Waals surface area contributed by atoms with Crippen LogP contribution in [0.3, 0.4) is 0 Å². The number of nitrogens with zero attached hydrogens (tertiary/aromatic N) is 2. The van der Waals surface area contributed by atoms with Gasteiger partial charge in [-0.15, -0.1) is 0 Å². The molecule has 0 bridgehead atoms. The molecule has 2 aromatic rings. The first-order valence-corrected chi connectivity index (χ1v) is 10.5. The van der Waals surface area contributed by atoms with Gasteiger partial charge in [-0.25, -0.2) is 0 Å². The normalized spacial score (nSPS) is 10.8.